The maximum Gasteiger partial charge on any atom is 0.243 e. The number of aryl methyl sites for hydroxylation is 1. The van der Waals surface area contributed by atoms with Crippen molar-refractivity contribution in [3.8, 4) is 5.75 Å². The van der Waals surface area contributed by atoms with Crippen LogP contribution in [0.1, 0.15) is 31.0 Å². The van der Waals surface area contributed by atoms with E-state index >= 15 is 0 Å². The highest BCUT2D eigenvalue weighted by molar-refractivity contribution is 7.89. The monoisotopic (exact) mass is 411 g/mol. The standard InChI is InChI=1S/C19H25N3O3S.ClH/c1-14(2)25-19-7-6-17(11-15(19)3)26(23,24)22-10-9-21-13-18(22)16-5-4-8-20-12-16;/h4-8,11-12,14,18,21H,9-10,13H2,1-3H3;1H. The number of nitrogens with one attached hydrogen (secondary N) is 1. The predicted octanol–water partition coefficient (Wildman–Crippen LogP) is 2.93. The highest BCUT2D eigenvalue weighted by Crippen LogP contribution is 2.30. The largest absolute Gasteiger partial charge is 0.491 e. The Kier molecular flexibility index (Phi) is 7.22. The first-order valence-corrected chi connectivity index (χ1v) is 10.2. The van der Waals surface area contributed by atoms with Crippen LogP contribution in [0.3, 0.4) is 0 Å². The Morgan fingerprint density at radius 3 is 2.70 bits per heavy atom. The lowest BCUT2D eigenvalue weighted by molar-refractivity contribution is 0.240. The minimum Gasteiger partial charge on any atom is -0.491 e. The predicted molar refractivity (Wildman–Crippen MR) is 108 cm³/mol. The smallest absolute Gasteiger partial charge is 0.243 e. The maximum atomic E-state index is 13.3. The van der Waals surface area contributed by atoms with Crippen LogP contribution in [0.5, 0.6) is 5.75 Å². The Labute approximate surface area is 167 Å². The van der Waals surface area contributed by atoms with Crippen LogP contribution in [-0.4, -0.2) is 43.4 Å². The van der Waals surface area contributed by atoms with Crippen LogP contribution in [0.2, 0.25) is 0 Å². The molecule has 2 aromatic rings. The summed E-state index contributed by atoms with van der Waals surface area (Å²) in [5, 5.41) is 3.28. The first-order chi connectivity index (χ1) is 12.4. The van der Waals surface area contributed by atoms with Crippen molar-refractivity contribution < 1.29 is 13.2 Å². The van der Waals surface area contributed by atoms with Gasteiger partial charge in [-0.15, -0.1) is 12.4 Å². The lowest BCUT2D eigenvalue weighted by Crippen LogP contribution is -2.48. The van der Waals surface area contributed by atoms with Gasteiger partial charge in [0.1, 0.15) is 5.75 Å². The summed E-state index contributed by atoms with van der Waals surface area (Å²) in [4.78, 5) is 4.43. The zero-order chi connectivity index (χ0) is 18.7. The quantitative estimate of drug-likeness (QED) is 0.818. The van der Waals surface area contributed by atoms with Crippen molar-refractivity contribution in [2.75, 3.05) is 19.6 Å². The van der Waals surface area contributed by atoms with E-state index in [0.29, 0.717) is 30.3 Å². The molecule has 1 aliphatic rings. The number of nitrogens with zero attached hydrogens (tertiary/aromatic N) is 2. The summed E-state index contributed by atoms with van der Waals surface area (Å²) in [6.45, 7) is 7.38. The minimum absolute atomic E-state index is 0. The van der Waals surface area contributed by atoms with E-state index < -0.39 is 10.0 Å². The van der Waals surface area contributed by atoms with E-state index in [2.05, 4.69) is 10.3 Å². The van der Waals surface area contributed by atoms with Crippen molar-refractivity contribution >= 4 is 22.4 Å². The maximum absolute atomic E-state index is 13.3. The van der Waals surface area contributed by atoms with E-state index in [1.165, 1.54) is 0 Å². The highest BCUT2D eigenvalue weighted by atomic mass is 35.5. The van der Waals surface area contributed by atoms with Crippen molar-refractivity contribution in [1.82, 2.24) is 14.6 Å². The van der Waals surface area contributed by atoms with Crippen LogP contribution >= 0.6 is 12.4 Å². The molecule has 2 heterocycles. The molecule has 1 aliphatic heterocycles. The van der Waals surface area contributed by atoms with Crippen LogP contribution < -0.4 is 10.1 Å². The lowest BCUT2D eigenvalue weighted by atomic mass is 10.1. The molecule has 0 radical (unpaired) electrons. The van der Waals surface area contributed by atoms with Gasteiger partial charge in [-0.25, -0.2) is 8.42 Å². The molecule has 1 aromatic heterocycles. The fourth-order valence-corrected chi connectivity index (χ4v) is 4.83. The van der Waals surface area contributed by atoms with Gasteiger partial charge in [-0.3, -0.25) is 4.98 Å². The summed E-state index contributed by atoms with van der Waals surface area (Å²) < 4.78 is 33.9. The van der Waals surface area contributed by atoms with Crippen LogP contribution in [0.4, 0.5) is 0 Å². The van der Waals surface area contributed by atoms with E-state index in [1.807, 2.05) is 32.9 Å². The molecule has 0 bridgehead atoms. The summed E-state index contributed by atoms with van der Waals surface area (Å²) in [5.74, 6) is 0.711. The molecule has 0 aliphatic carbocycles. The molecular weight excluding hydrogens is 386 g/mol. The Bertz CT molecular complexity index is 860. The van der Waals surface area contributed by atoms with E-state index in [4.69, 9.17) is 4.74 Å². The number of piperazine rings is 1. The SMILES string of the molecule is Cc1cc(S(=O)(=O)N2CCNCC2c2cccnc2)ccc1OC(C)C.Cl. The number of ether oxygens (including phenoxy) is 1. The molecule has 0 spiro atoms. The fraction of sp³-hybridized carbons (Fsp3) is 0.421. The molecule has 27 heavy (non-hydrogen) atoms. The molecule has 1 saturated heterocycles. The van der Waals surface area contributed by atoms with Crippen LogP contribution in [0, 0.1) is 6.92 Å². The van der Waals surface area contributed by atoms with Crippen LogP contribution in [0.15, 0.2) is 47.6 Å². The van der Waals surface area contributed by atoms with Gasteiger partial charge < -0.3 is 10.1 Å². The Balaban J connectivity index is 0.00000261. The Morgan fingerprint density at radius 2 is 2.07 bits per heavy atom. The summed E-state index contributed by atoms with van der Waals surface area (Å²) in [5.41, 5.74) is 1.70. The van der Waals surface area contributed by atoms with E-state index in [-0.39, 0.29) is 24.6 Å². The summed E-state index contributed by atoms with van der Waals surface area (Å²) in [6.07, 6.45) is 3.46. The number of aromatic nitrogens is 1. The summed E-state index contributed by atoms with van der Waals surface area (Å²) >= 11 is 0. The first kappa shape index (κ1) is 21.6. The zero-order valence-corrected chi connectivity index (χ0v) is 17.4. The van der Waals surface area contributed by atoms with Gasteiger partial charge in [0.2, 0.25) is 10.0 Å². The Morgan fingerprint density at radius 1 is 1.30 bits per heavy atom. The van der Waals surface area contributed by atoms with Gasteiger partial charge in [-0.1, -0.05) is 6.07 Å². The lowest BCUT2D eigenvalue weighted by Gasteiger charge is -2.35. The molecule has 6 nitrogen and oxygen atoms in total. The van der Waals surface area contributed by atoms with Gasteiger partial charge in [0.15, 0.2) is 0 Å². The van der Waals surface area contributed by atoms with Crippen molar-refractivity contribution in [1.29, 1.82) is 0 Å². The number of halogens is 1. The molecule has 3 rings (SSSR count). The van der Waals surface area contributed by atoms with Crippen molar-refractivity contribution in [2.24, 2.45) is 0 Å². The number of benzene rings is 1. The molecule has 0 saturated carbocycles. The van der Waals surface area contributed by atoms with Gasteiger partial charge in [0, 0.05) is 32.0 Å². The van der Waals surface area contributed by atoms with Gasteiger partial charge in [0.05, 0.1) is 17.0 Å². The average Bonchev–Trinajstić information content (AvgIpc) is 2.63. The average molecular weight is 412 g/mol. The molecule has 1 N–H and O–H groups in total. The van der Waals surface area contributed by atoms with E-state index in [1.54, 1.807) is 34.9 Å². The number of rotatable bonds is 5. The first-order valence-electron chi connectivity index (χ1n) is 8.79. The third kappa shape index (κ3) is 4.79. The van der Waals surface area contributed by atoms with E-state index in [9.17, 15) is 8.42 Å². The number of hydrogen-bond donors (Lipinski definition) is 1. The van der Waals surface area contributed by atoms with Crippen molar-refractivity contribution in [3.05, 3.63) is 53.9 Å². The zero-order valence-electron chi connectivity index (χ0n) is 15.8. The number of pyridine rings is 1. The molecule has 0 amide bonds. The second-order valence-corrected chi connectivity index (χ2v) is 8.61. The normalized spacial score (nSPS) is 18.1. The third-order valence-electron chi connectivity index (χ3n) is 4.38. The highest BCUT2D eigenvalue weighted by Gasteiger charge is 2.34. The molecule has 148 valence electrons. The molecule has 1 unspecified atom stereocenters. The molecule has 8 heteroatoms. The topological polar surface area (TPSA) is 71.5 Å². The molecule has 1 fully saturated rings. The third-order valence-corrected chi connectivity index (χ3v) is 6.28. The number of hydrogen-bond acceptors (Lipinski definition) is 5. The minimum atomic E-state index is -3.62. The van der Waals surface area contributed by atoms with Gasteiger partial charge >= 0.3 is 0 Å². The summed E-state index contributed by atoms with van der Waals surface area (Å²) in [7, 11) is -3.62. The van der Waals surface area contributed by atoms with Gasteiger partial charge in [-0.05, 0) is 56.2 Å². The van der Waals surface area contributed by atoms with Crippen LogP contribution in [-0.2, 0) is 10.0 Å². The van der Waals surface area contributed by atoms with Crippen molar-refractivity contribution in [3.63, 3.8) is 0 Å². The van der Waals surface area contributed by atoms with Crippen molar-refractivity contribution in [2.45, 2.75) is 37.8 Å². The van der Waals surface area contributed by atoms with Gasteiger partial charge in [0.25, 0.3) is 0 Å². The summed E-state index contributed by atoms with van der Waals surface area (Å²) in [6, 6.07) is 8.53. The number of sulfonamides is 1. The van der Waals surface area contributed by atoms with Gasteiger partial charge in [-0.2, -0.15) is 4.31 Å². The molecule has 1 atom stereocenters. The second kappa shape index (κ2) is 9.01. The fourth-order valence-electron chi connectivity index (χ4n) is 3.13. The van der Waals surface area contributed by atoms with Crippen LogP contribution in [0.25, 0.3) is 0 Å². The van der Waals surface area contributed by atoms with E-state index in [0.717, 1.165) is 11.1 Å². The Hall–Kier alpha value is -1.67. The molecular formula is C19H26ClN3O3S. The second-order valence-electron chi connectivity index (χ2n) is 6.72. The molecule has 1 aromatic carbocycles.